The largest absolute Gasteiger partial charge is 0.396 e. The molecule has 0 unspecified atom stereocenters. The molecule has 1 aromatic carbocycles. The van der Waals surface area contributed by atoms with Crippen LogP contribution in [0.1, 0.15) is 12.0 Å². The Morgan fingerprint density at radius 1 is 1.36 bits per heavy atom. The first-order valence-electron chi connectivity index (χ1n) is 7.07. The number of piperidine rings is 1. The average molecular weight is 333 g/mol. The van der Waals surface area contributed by atoms with E-state index in [1.54, 1.807) is 24.3 Å². The van der Waals surface area contributed by atoms with Crippen molar-refractivity contribution in [1.29, 1.82) is 0 Å². The molecular weight excluding hydrogens is 317 g/mol. The van der Waals surface area contributed by atoms with E-state index in [-0.39, 0.29) is 31.8 Å². The molecule has 0 bridgehead atoms. The number of rotatable bonds is 4. The molecule has 0 aromatic heterocycles. The Labute approximate surface area is 131 Å². The number of carbonyl (C=O) groups is 1. The van der Waals surface area contributed by atoms with Crippen molar-refractivity contribution in [3.8, 4) is 0 Å². The van der Waals surface area contributed by atoms with Gasteiger partial charge in [-0.3, -0.25) is 4.79 Å². The second kappa shape index (κ2) is 5.13. The first-order valence-corrected chi connectivity index (χ1v) is 7.44. The molecule has 7 heteroatoms. The van der Waals surface area contributed by atoms with E-state index in [0.29, 0.717) is 11.6 Å². The van der Waals surface area contributed by atoms with E-state index < -0.39 is 17.0 Å². The second-order valence-corrected chi connectivity index (χ2v) is 6.66. The van der Waals surface area contributed by atoms with Gasteiger partial charge in [-0.2, -0.15) is 13.2 Å². The lowest BCUT2D eigenvalue weighted by Gasteiger charge is -2.20. The van der Waals surface area contributed by atoms with Gasteiger partial charge >= 0.3 is 6.18 Å². The smallest absolute Gasteiger partial charge is 0.355 e. The maximum atomic E-state index is 13.2. The van der Waals surface area contributed by atoms with Gasteiger partial charge in [0.05, 0.1) is 11.8 Å². The maximum absolute atomic E-state index is 13.2. The molecule has 3 nitrogen and oxygen atoms in total. The van der Waals surface area contributed by atoms with E-state index in [9.17, 15) is 18.0 Å². The zero-order chi connectivity index (χ0) is 16.0. The minimum atomic E-state index is -4.23. The lowest BCUT2D eigenvalue weighted by molar-refractivity contribution is -0.190. The highest BCUT2D eigenvalue weighted by Crippen LogP contribution is 2.72. The van der Waals surface area contributed by atoms with Crippen LogP contribution >= 0.6 is 11.6 Å². The summed E-state index contributed by atoms with van der Waals surface area (Å²) in [5.74, 6) is -0.286. The summed E-state index contributed by atoms with van der Waals surface area (Å²) in [6.07, 6.45) is -4.02. The Kier molecular flexibility index (Phi) is 3.64. The lowest BCUT2D eigenvalue weighted by Crippen LogP contribution is -2.38. The van der Waals surface area contributed by atoms with Crippen molar-refractivity contribution in [3.63, 3.8) is 0 Å². The van der Waals surface area contributed by atoms with Gasteiger partial charge in [0, 0.05) is 30.1 Å². The predicted octanol–water partition coefficient (Wildman–Crippen LogP) is 2.54. The van der Waals surface area contributed by atoms with Crippen molar-refractivity contribution >= 4 is 17.5 Å². The van der Waals surface area contributed by atoms with Gasteiger partial charge < -0.3 is 10.6 Å². The van der Waals surface area contributed by atoms with Gasteiger partial charge in [-0.25, -0.2) is 0 Å². The Morgan fingerprint density at radius 3 is 2.77 bits per heavy atom. The number of halogens is 4. The first kappa shape index (κ1) is 15.6. The number of hydrogen-bond acceptors (Lipinski definition) is 2. The summed E-state index contributed by atoms with van der Waals surface area (Å²) in [6, 6.07) is 6.87. The molecule has 1 aliphatic heterocycles. The maximum Gasteiger partial charge on any atom is 0.396 e. The van der Waals surface area contributed by atoms with Crippen molar-refractivity contribution in [2.75, 3.05) is 19.6 Å². The standard InChI is InChI=1S/C15H16ClF3N2O/c16-11-3-1-2-10(4-11)5-12(22)21-8-13-6-14(13,9-20-7-13)15(17,18)19/h1-4,20H,5-9H2,(H,21,22)/t13-,14-/m1/s1. The fraction of sp³-hybridized carbons (Fsp3) is 0.533. The minimum absolute atomic E-state index is 0.0545. The molecule has 120 valence electrons. The first-order chi connectivity index (χ1) is 10.3. The van der Waals surface area contributed by atoms with Crippen molar-refractivity contribution in [2.45, 2.75) is 19.0 Å². The lowest BCUT2D eigenvalue weighted by atomic mass is 9.95. The third-order valence-corrected chi connectivity index (χ3v) is 5.08. The number of benzene rings is 1. The van der Waals surface area contributed by atoms with Crippen LogP contribution in [-0.4, -0.2) is 31.7 Å². The Bertz CT molecular complexity index is 607. The van der Waals surface area contributed by atoms with Crippen LogP contribution < -0.4 is 10.6 Å². The van der Waals surface area contributed by atoms with Gasteiger partial charge in [-0.1, -0.05) is 23.7 Å². The molecular formula is C15H16ClF3N2O. The van der Waals surface area contributed by atoms with Gasteiger partial charge in [0.15, 0.2) is 0 Å². The summed E-state index contributed by atoms with van der Waals surface area (Å²) < 4.78 is 39.5. The van der Waals surface area contributed by atoms with Crippen molar-refractivity contribution in [1.82, 2.24) is 10.6 Å². The highest BCUT2D eigenvalue weighted by atomic mass is 35.5. The molecule has 1 saturated heterocycles. The van der Waals surface area contributed by atoms with Crippen LogP contribution in [0.5, 0.6) is 0 Å². The van der Waals surface area contributed by atoms with E-state index in [4.69, 9.17) is 11.6 Å². The number of carbonyl (C=O) groups excluding carboxylic acids is 1. The molecule has 1 aliphatic carbocycles. The minimum Gasteiger partial charge on any atom is -0.355 e. The van der Waals surface area contributed by atoms with Crippen LogP contribution in [0.25, 0.3) is 0 Å². The number of amides is 1. The number of alkyl halides is 3. The molecule has 2 aliphatic rings. The molecule has 1 heterocycles. The Balaban J connectivity index is 1.58. The summed E-state index contributed by atoms with van der Waals surface area (Å²) in [6.45, 7) is 0.295. The molecule has 1 amide bonds. The zero-order valence-electron chi connectivity index (χ0n) is 11.8. The number of nitrogens with one attached hydrogen (secondary N) is 2. The fourth-order valence-electron chi connectivity index (χ4n) is 3.49. The summed E-state index contributed by atoms with van der Waals surface area (Å²) in [7, 11) is 0. The quantitative estimate of drug-likeness (QED) is 0.889. The van der Waals surface area contributed by atoms with Crippen LogP contribution in [-0.2, 0) is 11.2 Å². The second-order valence-electron chi connectivity index (χ2n) is 6.22. The molecule has 22 heavy (non-hydrogen) atoms. The molecule has 0 spiro atoms. The fourth-order valence-corrected chi connectivity index (χ4v) is 3.70. The van der Waals surface area contributed by atoms with Gasteiger partial charge in [0.1, 0.15) is 0 Å². The van der Waals surface area contributed by atoms with Gasteiger partial charge in [0.25, 0.3) is 0 Å². The van der Waals surface area contributed by atoms with Crippen LogP contribution in [0.2, 0.25) is 5.02 Å². The van der Waals surface area contributed by atoms with E-state index in [1.165, 1.54) is 0 Å². The monoisotopic (exact) mass is 332 g/mol. The van der Waals surface area contributed by atoms with Crippen LogP contribution in [0.3, 0.4) is 0 Å². The molecule has 1 saturated carbocycles. The Morgan fingerprint density at radius 2 is 2.14 bits per heavy atom. The summed E-state index contributed by atoms with van der Waals surface area (Å²) >= 11 is 5.84. The highest BCUT2D eigenvalue weighted by Gasteiger charge is 2.81. The summed E-state index contributed by atoms with van der Waals surface area (Å²) in [5, 5.41) is 5.98. The van der Waals surface area contributed by atoms with Gasteiger partial charge in [-0.15, -0.1) is 0 Å². The topological polar surface area (TPSA) is 41.1 Å². The van der Waals surface area contributed by atoms with Crippen LogP contribution in [0.15, 0.2) is 24.3 Å². The van der Waals surface area contributed by atoms with Gasteiger partial charge in [-0.05, 0) is 24.1 Å². The normalized spacial score (nSPS) is 30.0. The third kappa shape index (κ3) is 2.48. The number of fused-ring (bicyclic) bond motifs is 1. The van der Waals surface area contributed by atoms with E-state index >= 15 is 0 Å². The van der Waals surface area contributed by atoms with Crippen molar-refractivity contribution in [3.05, 3.63) is 34.9 Å². The average Bonchev–Trinajstić information content (AvgIpc) is 2.94. The molecule has 2 atom stereocenters. The number of hydrogen-bond donors (Lipinski definition) is 2. The third-order valence-electron chi connectivity index (χ3n) is 4.84. The molecule has 3 rings (SSSR count). The zero-order valence-corrected chi connectivity index (χ0v) is 12.5. The van der Waals surface area contributed by atoms with Crippen LogP contribution in [0.4, 0.5) is 13.2 Å². The predicted molar refractivity (Wildman–Crippen MR) is 76.6 cm³/mol. The van der Waals surface area contributed by atoms with Gasteiger partial charge in [0.2, 0.25) is 5.91 Å². The SMILES string of the molecule is O=C(Cc1cccc(Cl)c1)NC[C@@]12CNC[C@]1(C(F)(F)F)C2. The summed E-state index contributed by atoms with van der Waals surface area (Å²) in [5.41, 5.74) is -1.80. The molecule has 2 N–H and O–H groups in total. The van der Waals surface area contributed by atoms with E-state index in [2.05, 4.69) is 10.6 Å². The van der Waals surface area contributed by atoms with Crippen LogP contribution in [0, 0.1) is 10.8 Å². The molecule has 2 fully saturated rings. The summed E-state index contributed by atoms with van der Waals surface area (Å²) in [4.78, 5) is 11.9. The van der Waals surface area contributed by atoms with E-state index in [1.807, 2.05) is 0 Å². The molecule has 1 aromatic rings. The van der Waals surface area contributed by atoms with E-state index in [0.717, 1.165) is 5.56 Å². The van der Waals surface area contributed by atoms with Crippen molar-refractivity contribution in [2.24, 2.45) is 10.8 Å². The van der Waals surface area contributed by atoms with Crippen molar-refractivity contribution < 1.29 is 18.0 Å². The Hall–Kier alpha value is -1.27. The highest BCUT2D eigenvalue weighted by molar-refractivity contribution is 6.30. The molecule has 0 radical (unpaired) electrons.